The van der Waals surface area contributed by atoms with Gasteiger partial charge in [0.05, 0.1) is 0 Å². The summed E-state index contributed by atoms with van der Waals surface area (Å²) < 4.78 is 5.37. The van der Waals surface area contributed by atoms with Crippen LogP contribution in [0.1, 0.15) is 11.1 Å². The molecule has 0 aromatic heterocycles. The fourth-order valence-electron chi connectivity index (χ4n) is 2.14. The Morgan fingerprint density at radius 3 is 2.52 bits per heavy atom. The molecule has 0 heterocycles. The van der Waals surface area contributed by atoms with Crippen molar-refractivity contribution in [3.8, 4) is 5.75 Å². The third-order valence-corrected chi connectivity index (χ3v) is 3.28. The number of amides is 1. The zero-order valence-electron chi connectivity index (χ0n) is 12.9. The first-order valence-corrected chi connectivity index (χ1v) is 7.30. The van der Waals surface area contributed by atoms with E-state index in [1.54, 1.807) is 6.07 Å². The van der Waals surface area contributed by atoms with Gasteiger partial charge in [-0.2, -0.15) is 0 Å². The molecule has 0 spiro atoms. The second-order valence-corrected chi connectivity index (χ2v) is 5.25. The summed E-state index contributed by atoms with van der Waals surface area (Å²) in [7, 11) is 0. The van der Waals surface area contributed by atoms with Gasteiger partial charge in [0, 0.05) is 6.42 Å². The molecule has 5 heteroatoms. The third-order valence-electron chi connectivity index (χ3n) is 3.28. The maximum Gasteiger partial charge on any atom is 0.326 e. The van der Waals surface area contributed by atoms with Crippen LogP contribution in [0.4, 0.5) is 0 Å². The van der Waals surface area contributed by atoms with Gasteiger partial charge in [0.15, 0.2) is 6.61 Å². The molecule has 2 aromatic rings. The molecular weight excluding hydrogens is 294 g/mol. The topological polar surface area (TPSA) is 75.6 Å². The minimum atomic E-state index is -1.07. The molecule has 0 radical (unpaired) electrons. The molecule has 0 saturated carbocycles. The number of carboxylic acid groups (broad SMARTS) is 1. The summed E-state index contributed by atoms with van der Waals surface area (Å²) in [4.78, 5) is 23.2. The number of hydrogen-bond donors (Lipinski definition) is 2. The Morgan fingerprint density at radius 2 is 1.87 bits per heavy atom. The van der Waals surface area contributed by atoms with Crippen LogP contribution >= 0.6 is 0 Å². The Kier molecular flexibility index (Phi) is 5.74. The number of carboxylic acids is 1. The molecule has 0 aliphatic heterocycles. The summed E-state index contributed by atoms with van der Waals surface area (Å²) >= 11 is 0. The Morgan fingerprint density at radius 1 is 1.13 bits per heavy atom. The quantitative estimate of drug-likeness (QED) is 0.821. The van der Waals surface area contributed by atoms with E-state index in [-0.39, 0.29) is 13.0 Å². The van der Waals surface area contributed by atoms with Gasteiger partial charge in [-0.15, -0.1) is 0 Å². The smallest absolute Gasteiger partial charge is 0.326 e. The minimum Gasteiger partial charge on any atom is -0.484 e. The largest absolute Gasteiger partial charge is 0.484 e. The van der Waals surface area contributed by atoms with Crippen LogP contribution in [0.3, 0.4) is 0 Å². The molecular formula is C18H19NO4. The van der Waals surface area contributed by atoms with Crippen molar-refractivity contribution in [3.05, 3.63) is 65.7 Å². The molecule has 2 rings (SSSR count). The molecule has 0 unspecified atom stereocenters. The Labute approximate surface area is 134 Å². The molecule has 2 N–H and O–H groups in total. The Bertz CT molecular complexity index is 670. The molecule has 0 saturated heterocycles. The second kappa shape index (κ2) is 7.98. The highest BCUT2D eigenvalue weighted by atomic mass is 16.5. The van der Waals surface area contributed by atoms with E-state index in [0.29, 0.717) is 5.75 Å². The van der Waals surface area contributed by atoms with Crippen LogP contribution in [0.15, 0.2) is 54.6 Å². The highest BCUT2D eigenvalue weighted by Crippen LogP contribution is 2.12. The number of carbonyl (C=O) groups excluding carboxylic acids is 1. The molecule has 0 fully saturated rings. The molecule has 23 heavy (non-hydrogen) atoms. The van der Waals surface area contributed by atoms with E-state index < -0.39 is 17.9 Å². The standard InChI is InChI=1S/C18H19NO4/c1-13-6-5-9-15(10-13)23-12-17(20)19-16(18(21)22)11-14-7-3-2-4-8-14/h2-10,16H,11-12H2,1H3,(H,19,20)(H,21,22)/t16-/m0/s1. The van der Waals surface area contributed by atoms with Gasteiger partial charge in [-0.3, -0.25) is 4.79 Å². The van der Waals surface area contributed by atoms with Crippen molar-refractivity contribution >= 4 is 11.9 Å². The average Bonchev–Trinajstić information content (AvgIpc) is 2.53. The number of benzene rings is 2. The van der Waals surface area contributed by atoms with Crippen molar-refractivity contribution in [1.29, 1.82) is 0 Å². The van der Waals surface area contributed by atoms with Crippen molar-refractivity contribution in [2.24, 2.45) is 0 Å². The SMILES string of the molecule is Cc1cccc(OCC(=O)N[C@@H](Cc2ccccc2)C(=O)O)c1. The summed E-state index contributed by atoms with van der Waals surface area (Å²) in [5.41, 5.74) is 1.87. The van der Waals surface area contributed by atoms with Crippen LogP contribution in [0.25, 0.3) is 0 Å². The van der Waals surface area contributed by atoms with Crippen LogP contribution in [-0.4, -0.2) is 29.6 Å². The maximum atomic E-state index is 11.9. The van der Waals surface area contributed by atoms with Gasteiger partial charge in [0.25, 0.3) is 5.91 Å². The van der Waals surface area contributed by atoms with Crippen molar-refractivity contribution in [2.75, 3.05) is 6.61 Å². The molecule has 0 aliphatic rings. The monoisotopic (exact) mass is 313 g/mol. The first-order valence-electron chi connectivity index (χ1n) is 7.30. The fraction of sp³-hybridized carbons (Fsp3) is 0.222. The predicted molar refractivity (Wildman–Crippen MR) is 86.4 cm³/mol. The van der Waals surface area contributed by atoms with Gasteiger partial charge < -0.3 is 15.2 Å². The predicted octanol–water partition coefficient (Wildman–Crippen LogP) is 2.19. The Balaban J connectivity index is 1.89. The molecule has 120 valence electrons. The minimum absolute atomic E-state index is 0.220. The van der Waals surface area contributed by atoms with Crippen molar-refractivity contribution in [3.63, 3.8) is 0 Å². The van der Waals surface area contributed by atoms with Crippen LogP contribution in [-0.2, 0) is 16.0 Å². The van der Waals surface area contributed by atoms with Gasteiger partial charge in [-0.25, -0.2) is 4.79 Å². The number of hydrogen-bond acceptors (Lipinski definition) is 3. The summed E-state index contributed by atoms with van der Waals surface area (Å²) in [5.74, 6) is -0.956. The number of aliphatic carboxylic acids is 1. The summed E-state index contributed by atoms with van der Waals surface area (Å²) in [6.45, 7) is 1.70. The van der Waals surface area contributed by atoms with Crippen LogP contribution in [0.5, 0.6) is 5.75 Å². The molecule has 1 amide bonds. The van der Waals surface area contributed by atoms with Gasteiger partial charge in [-0.1, -0.05) is 42.5 Å². The number of aryl methyl sites for hydroxylation is 1. The van der Waals surface area contributed by atoms with E-state index >= 15 is 0 Å². The lowest BCUT2D eigenvalue weighted by molar-refractivity contribution is -0.142. The first kappa shape index (κ1) is 16.5. The molecule has 0 bridgehead atoms. The zero-order valence-corrected chi connectivity index (χ0v) is 12.9. The van der Waals surface area contributed by atoms with Crippen LogP contribution in [0, 0.1) is 6.92 Å². The van der Waals surface area contributed by atoms with Gasteiger partial charge in [-0.05, 0) is 30.2 Å². The van der Waals surface area contributed by atoms with E-state index in [2.05, 4.69) is 5.32 Å². The van der Waals surface area contributed by atoms with E-state index in [1.807, 2.05) is 55.5 Å². The van der Waals surface area contributed by atoms with E-state index in [0.717, 1.165) is 11.1 Å². The molecule has 5 nitrogen and oxygen atoms in total. The average molecular weight is 313 g/mol. The van der Waals surface area contributed by atoms with Gasteiger partial charge in [0.2, 0.25) is 0 Å². The van der Waals surface area contributed by atoms with Gasteiger partial charge >= 0.3 is 5.97 Å². The molecule has 2 aromatic carbocycles. The number of carbonyl (C=O) groups is 2. The summed E-state index contributed by atoms with van der Waals surface area (Å²) in [6.07, 6.45) is 0.229. The van der Waals surface area contributed by atoms with Crippen molar-refractivity contribution < 1.29 is 19.4 Å². The Hall–Kier alpha value is -2.82. The molecule has 0 aliphatic carbocycles. The third kappa shape index (κ3) is 5.47. The lowest BCUT2D eigenvalue weighted by Crippen LogP contribution is -2.44. The van der Waals surface area contributed by atoms with E-state index in [9.17, 15) is 14.7 Å². The number of ether oxygens (including phenoxy) is 1. The zero-order chi connectivity index (χ0) is 16.7. The normalized spacial score (nSPS) is 11.5. The van der Waals surface area contributed by atoms with Crippen LogP contribution < -0.4 is 10.1 Å². The maximum absolute atomic E-state index is 11.9. The fourth-order valence-corrected chi connectivity index (χ4v) is 2.14. The highest BCUT2D eigenvalue weighted by molar-refractivity contribution is 5.84. The van der Waals surface area contributed by atoms with Crippen LogP contribution in [0.2, 0.25) is 0 Å². The summed E-state index contributed by atoms with van der Waals surface area (Å²) in [5, 5.41) is 11.7. The second-order valence-electron chi connectivity index (χ2n) is 5.25. The van der Waals surface area contributed by atoms with Gasteiger partial charge in [0.1, 0.15) is 11.8 Å². The first-order chi connectivity index (χ1) is 11.0. The lowest BCUT2D eigenvalue weighted by atomic mass is 10.1. The number of rotatable bonds is 7. The van der Waals surface area contributed by atoms with E-state index in [4.69, 9.17) is 4.74 Å². The molecule has 1 atom stereocenters. The lowest BCUT2D eigenvalue weighted by Gasteiger charge is -2.15. The highest BCUT2D eigenvalue weighted by Gasteiger charge is 2.20. The number of nitrogens with one attached hydrogen (secondary N) is 1. The van der Waals surface area contributed by atoms with Crippen molar-refractivity contribution in [1.82, 2.24) is 5.32 Å². The summed E-state index contributed by atoms with van der Waals surface area (Å²) in [6, 6.07) is 15.5. The van der Waals surface area contributed by atoms with E-state index in [1.165, 1.54) is 0 Å². The van der Waals surface area contributed by atoms with Crippen molar-refractivity contribution in [2.45, 2.75) is 19.4 Å².